The predicted octanol–water partition coefficient (Wildman–Crippen LogP) is 4.99. The van der Waals surface area contributed by atoms with Gasteiger partial charge in [-0.3, -0.25) is 0 Å². The molecule has 2 aliphatic carbocycles. The molecule has 0 saturated carbocycles. The second kappa shape index (κ2) is 6.35. The number of allylic oxidation sites excluding steroid dienone is 16. The normalized spacial score (nSPS) is 18.4. The fourth-order valence-electron chi connectivity index (χ4n) is 2.13. The van der Waals surface area contributed by atoms with E-state index in [4.69, 9.17) is 0 Å². The van der Waals surface area contributed by atoms with Gasteiger partial charge in [0.2, 0.25) is 0 Å². The van der Waals surface area contributed by atoms with Crippen LogP contribution in [-0.2, 0) is 0 Å². The van der Waals surface area contributed by atoms with Crippen LogP contribution in [-0.4, -0.2) is 8.07 Å². The lowest BCUT2D eigenvalue weighted by molar-refractivity contribution is 1.59. The van der Waals surface area contributed by atoms with Crippen LogP contribution in [0.25, 0.3) is 0 Å². The summed E-state index contributed by atoms with van der Waals surface area (Å²) in [6.07, 6.45) is 30.0. The molecular formula is C18H20Si. The maximum atomic E-state index is 2.40. The molecule has 2 aliphatic rings. The van der Waals surface area contributed by atoms with E-state index in [1.807, 2.05) is 0 Å². The average Bonchev–Trinajstić information content (AvgIpc) is 2.26. The molecule has 0 fully saturated rings. The van der Waals surface area contributed by atoms with Gasteiger partial charge in [-0.1, -0.05) is 109 Å². The Morgan fingerprint density at radius 3 is 1.37 bits per heavy atom. The molecule has 0 radical (unpaired) electrons. The van der Waals surface area contributed by atoms with Gasteiger partial charge in [0.1, 0.15) is 8.07 Å². The zero-order valence-corrected chi connectivity index (χ0v) is 12.6. The Kier molecular flexibility index (Phi) is 4.53. The Morgan fingerprint density at radius 2 is 0.895 bits per heavy atom. The van der Waals surface area contributed by atoms with Crippen LogP contribution in [0.15, 0.2) is 95.5 Å². The van der Waals surface area contributed by atoms with Crippen molar-refractivity contribution in [2.75, 3.05) is 0 Å². The summed E-state index contributed by atoms with van der Waals surface area (Å²) in [6.45, 7) is 4.80. The van der Waals surface area contributed by atoms with Crippen molar-refractivity contribution in [1.29, 1.82) is 0 Å². The maximum Gasteiger partial charge on any atom is 0.112 e. The standard InChI is InChI=1S/C18H20Si/c1-19(2,17-13-9-5-3-6-10-14-17)18-15-11-7-4-8-12-16-18/h3-16H,1-2H3. The minimum absolute atomic E-state index is 1.45. The van der Waals surface area contributed by atoms with E-state index in [9.17, 15) is 0 Å². The zero-order chi connectivity index (χ0) is 13.6. The smallest absolute Gasteiger partial charge is 0.0626 e. The van der Waals surface area contributed by atoms with Crippen molar-refractivity contribution in [3.05, 3.63) is 95.5 Å². The van der Waals surface area contributed by atoms with Crippen molar-refractivity contribution < 1.29 is 0 Å². The van der Waals surface area contributed by atoms with Crippen LogP contribution >= 0.6 is 0 Å². The van der Waals surface area contributed by atoms with Gasteiger partial charge in [0.05, 0.1) is 0 Å². The third-order valence-corrected chi connectivity index (χ3v) is 6.99. The third-order valence-electron chi connectivity index (χ3n) is 3.44. The van der Waals surface area contributed by atoms with Crippen molar-refractivity contribution in [3.63, 3.8) is 0 Å². The van der Waals surface area contributed by atoms with Gasteiger partial charge >= 0.3 is 0 Å². The van der Waals surface area contributed by atoms with Crippen molar-refractivity contribution in [1.82, 2.24) is 0 Å². The average molecular weight is 264 g/mol. The molecule has 0 N–H and O–H groups in total. The molecule has 1 heteroatoms. The van der Waals surface area contributed by atoms with E-state index in [1.54, 1.807) is 0 Å². The van der Waals surface area contributed by atoms with Gasteiger partial charge in [-0.15, -0.1) is 0 Å². The second-order valence-electron chi connectivity index (χ2n) is 5.13. The minimum Gasteiger partial charge on any atom is -0.0626 e. The van der Waals surface area contributed by atoms with Crippen molar-refractivity contribution in [3.8, 4) is 0 Å². The van der Waals surface area contributed by atoms with E-state index < -0.39 is 8.07 Å². The van der Waals surface area contributed by atoms with E-state index in [2.05, 4.69) is 98.2 Å². The van der Waals surface area contributed by atoms with Crippen LogP contribution in [0.5, 0.6) is 0 Å². The summed E-state index contributed by atoms with van der Waals surface area (Å²) < 4.78 is 0. The lowest BCUT2D eigenvalue weighted by atomic mass is 10.3. The highest BCUT2D eigenvalue weighted by Gasteiger charge is 2.27. The van der Waals surface area contributed by atoms with Crippen molar-refractivity contribution in [2.24, 2.45) is 0 Å². The molecular weight excluding hydrogens is 244 g/mol. The Bertz CT molecular complexity index is 508. The molecule has 0 atom stereocenters. The van der Waals surface area contributed by atoms with Crippen LogP contribution in [0.1, 0.15) is 0 Å². The summed E-state index contributed by atoms with van der Waals surface area (Å²) in [5.41, 5.74) is 0. The van der Waals surface area contributed by atoms with Crippen molar-refractivity contribution >= 4 is 8.07 Å². The molecule has 0 unspecified atom stereocenters. The Labute approximate surface area is 117 Å². The van der Waals surface area contributed by atoms with Crippen LogP contribution in [0.4, 0.5) is 0 Å². The first-order chi connectivity index (χ1) is 9.21. The third kappa shape index (κ3) is 3.55. The Morgan fingerprint density at radius 1 is 0.526 bits per heavy atom. The summed E-state index contributed by atoms with van der Waals surface area (Å²) >= 11 is 0. The highest BCUT2D eigenvalue weighted by atomic mass is 28.3. The van der Waals surface area contributed by atoms with Crippen LogP contribution in [0, 0.1) is 0 Å². The van der Waals surface area contributed by atoms with Crippen LogP contribution in [0.2, 0.25) is 13.1 Å². The highest BCUT2D eigenvalue weighted by molar-refractivity contribution is 6.91. The largest absolute Gasteiger partial charge is 0.112 e. The maximum absolute atomic E-state index is 2.40. The summed E-state index contributed by atoms with van der Waals surface area (Å²) in [6, 6.07) is 0. The fraction of sp³-hybridized carbons (Fsp3) is 0.111. The molecule has 0 nitrogen and oxygen atoms in total. The molecule has 0 aliphatic heterocycles. The lowest BCUT2D eigenvalue weighted by Gasteiger charge is -2.26. The van der Waals surface area contributed by atoms with Gasteiger partial charge in [0, 0.05) is 0 Å². The van der Waals surface area contributed by atoms with E-state index in [1.165, 1.54) is 10.4 Å². The molecule has 0 aromatic rings. The van der Waals surface area contributed by atoms with Gasteiger partial charge < -0.3 is 0 Å². The molecule has 96 valence electrons. The molecule has 2 rings (SSSR count). The highest BCUT2D eigenvalue weighted by Crippen LogP contribution is 2.27. The number of rotatable bonds is 2. The summed E-state index contributed by atoms with van der Waals surface area (Å²) in [4.78, 5) is 0. The van der Waals surface area contributed by atoms with E-state index in [0.29, 0.717) is 0 Å². The zero-order valence-electron chi connectivity index (χ0n) is 11.6. The molecule has 0 aromatic heterocycles. The molecule has 0 bridgehead atoms. The fourth-order valence-corrected chi connectivity index (χ4v) is 4.52. The van der Waals surface area contributed by atoms with Crippen molar-refractivity contribution in [2.45, 2.75) is 13.1 Å². The number of hydrogen-bond donors (Lipinski definition) is 0. The monoisotopic (exact) mass is 264 g/mol. The van der Waals surface area contributed by atoms with Gasteiger partial charge in [-0.2, -0.15) is 0 Å². The Hall–Kier alpha value is -1.86. The van der Waals surface area contributed by atoms with E-state index in [-0.39, 0.29) is 0 Å². The molecule has 0 aromatic carbocycles. The first kappa shape index (κ1) is 13.6. The van der Waals surface area contributed by atoms with E-state index >= 15 is 0 Å². The first-order valence-corrected chi connectivity index (χ1v) is 9.65. The van der Waals surface area contributed by atoms with Gasteiger partial charge in [0.25, 0.3) is 0 Å². The van der Waals surface area contributed by atoms with Crippen LogP contribution < -0.4 is 0 Å². The lowest BCUT2D eigenvalue weighted by Crippen LogP contribution is -2.31. The van der Waals surface area contributed by atoms with Gasteiger partial charge in [-0.25, -0.2) is 0 Å². The minimum atomic E-state index is -1.63. The summed E-state index contributed by atoms with van der Waals surface area (Å²) in [7, 11) is -1.63. The summed E-state index contributed by atoms with van der Waals surface area (Å²) in [5.74, 6) is 0. The molecule has 0 amide bonds. The summed E-state index contributed by atoms with van der Waals surface area (Å²) in [5, 5.41) is 2.89. The Balaban J connectivity index is 2.36. The predicted molar refractivity (Wildman–Crippen MR) is 88.5 cm³/mol. The molecule has 0 spiro atoms. The van der Waals surface area contributed by atoms with Crippen LogP contribution in [0.3, 0.4) is 0 Å². The molecule has 0 saturated heterocycles. The SMILES string of the molecule is C[Si](C)(C1=CC=CC=CC=C1)C1=CC=CC=CC=C1. The topological polar surface area (TPSA) is 0 Å². The molecule has 19 heavy (non-hydrogen) atoms. The van der Waals surface area contributed by atoms with Gasteiger partial charge in [-0.05, 0) is 0 Å². The number of hydrogen-bond acceptors (Lipinski definition) is 0. The second-order valence-corrected chi connectivity index (χ2v) is 9.53. The quantitative estimate of drug-likeness (QED) is 0.616. The molecule has 0 heterocycles. The van der Waals surface area contributed by atoms with Gasteiger partial charge in [0.15, 0.2) is 0 Å². The first-order valence-electron chi connectivity index (χ1n) is 6.65. The van der Waals surface area contributed by atoms with E-state index in [0.717, 1.165) is 0 Å².